The summed E-state index contributed by atoms with van der Waals surface area (Å²) in [4.78, 5) is -0.0875. The molecule has 1 fully saturated rings. The molecule has 2 aromatic carbocycles. The molecule has 2 heterocycles. The number of ether oxygens (including phenoxy) is 1. The first-order valence-electron chi connectivity index (χ1n) is 8.89. The molecule has 0 N–H and O–H groups in total. The van der Waals surface area contributed by atoms with E-state index in [1.54, 1.807) is 17.8 Å². The largest absolute Gasteiger partial charge is 0.491 e. The van der Waals surface area contributed by atoms with Crippen molar-refractivity contribution in [2.45, 2.75) is 17.9 Å². The van der Waals surface area contributed by atoms with Gasteiger partial charge < -0.3 is 4.74 Å². The van der Waals surface area contributed by atoms with Gasteiger partial charge in [0.05, 0.1) is 23.7 Å². The Bertz CT molecular complexity index is 1080. The van der Waals surface area contributed by atoms with Crippen LogP contribution >= 0.6 is 0 Å². The van der Waals surface area contributed by atoms with Crippen molar-refractivity contribution >= 4 is 10.0 Å². The summed E-state index contributed by atoms with van der Waals surface area (Å²) in [7, 11) is -3.77. The Kier molecular flexibility index (Phi) is 4.86. The van der Waals surface area contributed by atoms with E-state index in [0.29, 0.717) is 6.61 Å². The van der Waals surface area contributed by atoms with Gasteiger partial charge in [0.25, 0.3) is 0 Å². The molecule has 28 heavy (non-hydrogen) atoms. The standard InChI is InChI=1S/C19H19FN4O3S/c1-2-27-19-9-8-16(10-17(19)20)28(25,26)23-11-15(12-23)24-13-18(21-22-24)14-6-4-3-5-7-14/h3-10,13,15H,2,11-12H2,1H3. The van der Waals surface area contributed by atoms with Crippen molar-refractivity contribution in [2.75, 3.05) is 19.7 Å². The number of halogens is 1. The molecule has 0 atom stereocenters. The van der Waals surface area contributed by atoms with Crippen molar-refractivity contribution in [1.82, 2.24) is 19.3 Å². The fourth-order valence-corrected chi connectivity index (χ4v) is 4.57. The SMILES string of the molecule is CCOc1ccc(S(=O)(=O)N2CC(n3cc(-c4ccccc4)nn3)C2)cc1F. The first-order valence-corrected chi connectivity index (χ1v) is 10.3. The minimum Gasteiger partial charge on any atom is -0.491 e. The Balaban J connectivity index is 1.46. The summed E-state index contributed by atoms with van der Waals surface area (Å²) in [6.07, 6.45) is 1.81. The van der Waals surface area contributed by atoms with Gasteiger partial charge in [0.1, 0.15) is 5.69 Å². The van der Waals surface area contributed by atoms with Gasteiger partial charge in [0, 0.05) is 18.7 Å². The summed E-state index contributed by atoms with van der Waals surface area (Å²) in [5.41, 5.74) is 1.68. The number of benzene rings is 2. The highest BCUT2D eigenvalue weighted by Gasteiger charge is 2.38. The van der Waals surface area contributed by atoms with E-state index in [4.69, 9.17) is 4.74 Å². The van der Waals surface area contributed by atoms with Crippen LogP contribution < -0.4 is 4.74 Å². The third-order valence-corrected chi connectivity index (χ3v) is 6.45. The van der Waals surface area contributed by atoms with Crippen LogP contribution in [0.25, 0.3) is 11.3 Å². The maximum absolute atomic E-state index is 14.0. The summed E-state index contributed by atoms with van der Waals surface area (Å²) in [5, 5.41) is 8.27. The molecule has 146 valence electrons. The molecule has 1 aromatic heterocycles. The number of hydrogen-bond acceptors (Lipinski definition) is 5. The molecule has 1 aliphatic rings. The zero-order valence-electron chi connectivity index (χ0n) is 15.2. The maximum Gasteiger partial charge on any atom is 0.243 e. The van der Waals surface area contributed by atoms with E-state index < -0.39 is 15.8 Å². The topological polar surface area (TPSA) is 77.3 Å². The smallest absolute Gasteiger partial charge is 0.243 e. The van der Waals surface area contributed by atoms with E-state index >= 15 is 0 Å². The maximum atomic E-state index is 14.0. The Morgan fingerprint density at radius 1 is 1.18 bits per heavy atom. The lowest BCUT2D eigenvalue weighted by Gasteiger charge is -2.37. The Labute approximate surface area is 162 Å². The van der Waals surface area contributed by atoms with E-state index in [9.17, 15) is 12.8 Å². The van der Waals surface area contributed by atoms with E-state index in [-0.39, 0.29) is 29.8 Å². The van der Waals surface area contributed by atoms with Crippen LogP contribution in [0.4, 0.5) is 4.39 Å². The molecular formula is C19H19FN4O3S. The van der Waals surface area contributed by atoms with Crippen LogP contribution in [-0.4, -0.2) is 47.4 Å². The van der Waals surface area contributed by atoms with E-state index in [1.165, 1.54) is 16.4 Å². The molecule has 0 spiro atoms. The quantitative estimate of drug-likeness (QED) is 0.634. The molecule has 0 bridgehead atoms. The fourth-order valence-electron chi connectivity index (χ4n) is 3.04. The van der Waals surface area contributed by atoms with Gasteiger partial charge in [-0.05, 0) is 25.1 Å². The van der Waals surface area contributed by atoms with Crippen molar-refractivity contribution in [3.8, 4) is 17.0 Å². The second kappa shape index (κ2) is 7.33. The molecule has 1 saturated heterocycles. The highest BCUT2D eigenvalue weighted by Crippen LogP contribution is 2.30. The first kappa shape index (κ1) is 18.6. The summed E-state index contributed by atoms with van der Waals surface area (Å²) < 4.78 is 47.5. The fraction of sp³-hybridized carbons (Fsp3) is 0.263. The van der Waals surface area contributed by atoms with Crippen LogP contribution in [0.3, 0.4) is 0 Å². The second-order valence-corrected chi connectivity index (χ2v) is 8.39. The van der Waals surface area contributed by atoms with Gasteiger partial charge >= 0.3 is 0 Å². The minimum atomic E-state index is -3.77. The van der Waals surface area contributed by atoms with Crippen LogP contribution in [0.15, 0.2) is 59.6 Å². The van der Waals surface area contributed by atoms with Crippen molar-refractivity contribution in [1.29, 1.82) is 0 Å². The summed E-state index contributed by atoms with van der Waals surface area (Å²) in [5.74, 6) is -0.650. The predicted molar refractivity (Wildman–Crippen MR) is 101 cm³/mol. The Morgan fingerprint density at radius 2 is 1.93 bits per heavy atom. The van der Waals surface area contributed by atoms with Gasteiger partial charge in [-0.25, -0.2) is 17.5 Å². The number of rotatable bonds is 6. The van der Waals surface area contributed by atoms with Crippen LogP contribution in [0, 0.1) is 5.82 Å². The second-order valence-electron chi connectivity index (χ2n) is 6.45. The van der Waals surface area contributed by atoms with Gasteiger partial charge in [-0.1, -0.05) is 35.5 Å². The molecule has 0 unspecified atom stereocenters. The Morgan fingerprint density at radius 3 is 2.61 bits per heavy atom. The molecule has 0 aliphatic carbocycles. The van der Waals surface area contributed by atoms with Gasteiger partial charge in [-0.3, -0.25) is 0 Å². The van der Waals surface area contributed by atoms with Crippen LogP contribution in [0.1, 0.15) is 13.0 Å². The minimum absolute atomic E-state index is 0.0407. The summed E-state index contributed by atoms with van der Waals surface area (Å²) in [6.45, 7) is 2.56. The van der Waals surface area contributed by atoms with E-state index in [2.05, 4.69) is 10.3 Å². The average molecular weight is 402 g/mol. The van der Waals surface area contributed by atoms with Gasteiger partial charge in [-0.2, -0.15) is 4.31 Å². The molecule has 0 saturated carbocycles. The molecular weight excluding hydrogens is 383 g/mol. The van der Waals surface area contributed by atoms with Crippen molar-refractivity contribution < 1.29 is 17.5 Å². The van der Waals surface area contributed by atoms with Gasteiger partial charge in [0.15, 0.2) is 11.6 Å². The van der Waals surface area contributed by atoms with Gasteiger partial charge in [-0.15, -0.1) is 5.10 Å². The molecule has 1 aliphatic heterocycles. The first-order chi connectivity index (χ1) is 13.5. The number of nitrogens with zero attached hydrogens (tertiary/aromatic N) is 4. The highest BCUT2D eigenvalue weighted by atomic mass is 32.2. The summed E-state index contributed by atoms with van der Waals surface area (Å²) >= 11 is 0. The average Bonchev–Trinajstić information content (AvgIpc) is 3.12. The number of hydrogen-bond donors (Lipinski definition) is 0. The van der Waals surface area contributed by atoms with Crippen LogP contribution in [0.5, 0.6) is 5.75 Å². The zero-order valence-corrected chi connectivity index (χ0v) is 16.0. The third-order valence-electron chi connectivity index (χ3n) is 4.62. The Hall–Kier alpha value is -2.78. The number of sulfonamides is 1. The molecule has 0 amide bonds. The number of aromatic nitrogens is 3. The highest BCUT2D eigenvalue weighted by molar-refractivity contribution is 7.89. The van der Waals surface area contributed by atoms with Gasteiger partial charge in [0.2, 0.25) is 10.0 Å². The van der Waals surface area contributed by atoms with Crippen molar-refractivity contribution in [2.24, 2.45) is 0 Å². The monoisotopic (exact) mass is 402 g/mol. The van der Waals surface area contributed by atoms with Crippen molar-refractivity contribution in [3.63, 3.8) is 0 Å². The van der Waals surface area contributed by atoms with E-state index in [0.717, 1.165) is 17.3 Å². The predicted octanol–water partition coefficient (Wildman–Crippen LogP) is 2.73. The zero-order chi connectivity index (χ0) is 19.7. The third kappa shape index (κ3) is 3.38. The molecule has 9 heteroatoms. The van der Waals surface area contributed by atoms with Crippen LogP contribution in [0.2, 0.25) is 0 Å². The molecule has 3 aromatic rings. The molecule has 0 radical (unpaired) electrons. The lowest BCUT2D eigenvalue weighted by atomic mass is 10.1. The van der Waals surface area contributed by atoms with Crippen molar-refractivity contribution in [3.05, 3.63) is 60.5 Å². The van der Waals surface area contributed by atoms with Crippen LogP contribution in [-0.2, 0) is 10.0 Å². The lowest BCUT2D eigenvalue weighted by Crippen LogP contribution is -2.50. The summed E-state index contributed by atoms with van der Waals surface area (Å²) in [6, 6.07) is 13.2. The lowest BCUT2D eigenvalue weighted by molar-refractivity contribution is 0.189. The van der Waals surface area contributed by atoms with E-state index in [1.807, 2.05) is 30.3 Å². The normalized spacial score (nSPS) is 15.4. The molecule has 7 nitrogen and oxygen atoms in total. The molecule has 4 rings (SSSR count).